The highest BCUT2D eigenvalue weighted by Gasteiger charge is 2.39. The molecule has 0 saturated heterocycles. The molecule has 1 unspecified atom stereocenters. The van der Waals surface area contributed by atoms with Crippen LogP contribution in [0.5, 0.6) is 0 Å². The topological polar surface area (TPSA) is 103 Å². The van der Waals surface area contributed by atoms with Crippen LogP contribution in [-0.4, -0.2) is 29.7 Å². The smallest absolute Gasteiger partial charge is 0.410 e. The van der Waals surface area contributed by atoms with Crippen LogP contribution in [0.25, 0.3) is 5.57 Å². The summed E-state index contributed by atoms with van der Waals surface area (Å²) >= 11 is 0. The first-order valence-electron chi connectivity index (χ1n) is 9.15. The van der Waals surface area contributed by atoms with Gasteiger partial charge in [-0.15, -0.1) is 0 Å². The monoisotopic (exact) mass is 392 g/mol. The van der Waals surface area contributed by atoms with Gasteiger partial charge in [-0.25, -0.2) is 9.18 Å². The molecule has 6 nitrogen and oxygen atoms in total. The maximum absolute atomic E-state index is 14.6. The lowest BCUT2D eigenvalue weighted by Crippen LogP contribution is -2.44. The van der Waals surface area contributed by atoms with Gasteiger partial charge in [0.15, 0.2) is 0 Å². The SMILES string of the molecule is CC(C)(C)OC(=O)N1CC=C2C(C#N)=C(N)C(C#N)=C(c3ccccc3F)C2C1. The standard InChI is InChI=1S/C22H21FN4O2/c1-22(2,3)29-21(28)27-9-8-13-15(10-24)20(26)16(11-25)19(17(13)12-27)14-6-4-5-7-18(14)23/h4-8,17H,9,12,26H2,1-3H3. The van der Waals surface area contributed by atoms with Gasteiger partial charge < -0.3 is 15.4 Å². The normalized spacial score (nSPS) is 19.2. The molecule has 1 heterocycles. The average molecular weight is 392 g/mol. The Kier molecular flexibility index (Phi) is 5.18. The van der Waals surface area contributed by atoms with E-state index in [0.29, 0.717) is 11.1 Å². The molecule has 0 radical (unpaired) electrons. The molecule has 1 amide bonds. The summed E-state index contributed by atoms with van der Waals surface area (Å²) < 4.78 is 20.1. The van der Waals surface area contributed by atoms with Crippen LogP contribution in [0.1, 0.15) is 26.3 Å². The van der Waals surface area contributed by atoms with Crippen LogP contribution < -0.4 is 5.73 Å². The molecule has 29 heavy (non-hydrogen) atoms. The predicted octanol–water partition coefficient (Wildman–Crippen LogP) is 3.65. The lowest BCUT2D eigenvalue weighted by molar-refractivity contribution is 0.0253. The van der Waals surface area contributed by atoms with Crippen LogP contribution >= 0.6 is 0 Å². The zero-order chi connectivity index (χ0) is 21.3. The number of hydrogen-bond acceptors (Lipinski definition) is 5. The number of fused-ring (bicyclic) bond motifs is 1. The van der Waals surface area contributed by atoms with E-state index in [1.807, 2.05) is 6.07 Å². The second-order valence-corrected chi connectivity index (χ2v) is 7.88. The third kappa shape index (κ3) is 3.72. The number of hydrogen-bond donors (Lipinski definition) is 1. The number of allylic oxidation sites excluding steroid dienone is 2. The van der Waals surface area contributed by atoms with Gasteiger partial charge in [0.25, 0.3) is 0 Å². The van der Waals surface area contributed by atoms with Crippen molar-refractivity contribution in [3.05, 3.63) is 64.1 Å². The van der Waals surface area contributed by atoms with Crippen molar-refractivity contribution in [2.24, 2.45) is 11.7 Å². The number of carbonyl (C=O) groups is 1. The third-order valence-corrected chi connectivity index (χ3v) is 4.79. The van der Waals surface area contributed by atoms with Crippen molar-refractivity contribution in [2.75, 3.05) is 13.1 Å². The third-order valence-electron chi connectivity index (χ3n) is 4.79. The molecule has 0 fully saturated rings. The van der Waals surface area contributed by atoms with Crippen LogP contribution in [0.4, 0.5) is 9.18 Å². The van der Waals surface area contributed by atoms with Crippen molar-refractivity contribution in [1.82, 2.24) is 4.90 Å². The minimum Gasteiger partial charge on any atom is -0.444 e. The number of ether oxygens (including phenoxy) is 1. The minimum atomic E-state index is -0.669. The average Bonchev–Trinajstić information content (AvgIpc) is 2.66. The van der Waals surface area contributed by atoms with Crippen LogP contribution in [0, 0.1) is 34.4 Å². The number of carbonyl (C=O) groups excluding carboxylic acids is 1. The van der Waals surface area contributed by atoms with Gasteiger partial charge in [0.1, 0.15) is 23.6 Å². The Bertz CT molecular complexity index is 1050. The van der Waals surface area contributed by atoms with E-state index in [9.17, 15) is 19.7 Å². The fourth-order valence-corrected chi connectivity index (χ4v) is 3.59. The zero-order valence-electron chi connectivity index (χ0n) is 16.5. The second-order valence-electron chi connectivity index (χ2n) is 7.88. The van der Waals surface area contributed by atoms with Crippen LogP contribution in [-0.2, 0) is 4.74 Å². The Balaban J connectivity index is 2.15. The Hall–Kier alpha value is -3.58. The van der Waals surface area contributed by atoms with E-state index in [1.165, 1.54) is 11.0 Å². The molecule has 3 rings (SSSR count). The molecular weight excluding hydrogens is 371 g/mol. The first kappa shape index (κ1) is 20.2. The fourth-order valence-electron chi connectivity index (χ4n) is 3.59. The van der Waals surface area contributed by atoms with Crippen molar-refractivity contribution >= 4 is 11.7 Å². The van der Waals surface area contributed by atoms with Crippen LogP contribution in [0.2, 0.25) is 0 Å². The highest BCUT2D eigenvalue weighted by Crippen LogP contribution is 2.44. The van der Waals surface area contributed by atoms with Gasteiger partial charge in [-0.2, -0.15) is 10.5 Å². The summed E-state index contributed by atoms with van der Waals surface area (Å²) in [5.41, 5.74) is 6.92. The number of nitrogens with zero attached hydrogens (tertiary/aromatic N) is 3. The molecule has 2 N–H and O–H groups in total. The van der Waals surface area contributed by atoms with Crippen molar-refractivity contribution < 1.29 is 13.9 Å². The molecule has 0 spiro atoms. The van der Waals surface area contributed by atoms with E-state index in [0.717, 1.165) is 0 Å². The fraction of sp³-hybridized carbons (Fsp3) is 0.318. The van der Waals surface area contributed by atoms with Crippen molar-refractivity contribution in [3.8, 4) is 12.1 Å². The number of halogens is 1. The largest absolute Gasteiger partial charge is 0.444 e. The molecule has 148 valence electrons. The molecule has 1 aromatic carbocycles. The Labute approximate surface area is 169 Å². The van der Waals surface area contributed by atoms with Crippen molar-refractivity contribution in [3.63, 3.8) is 0 Å². The summed E-state index contributed by atoms with van der Waals surface area (Å²) in [6.45, 7) is 5.69. The predicted molar refractivity (Wildman–Crippen MR) is 105 cm³/mol. The van der Waals surface area contributed by atoms with Gasteiger partial charge in [0.05, 0.1) is 16.8 Å². The molecule has 1 atom stereocenters. The summed E-state index contributed by atoms with van der Waals surface area (Å²) in [5.74, 6) is -1.07. The highest BCUT2D eigenvalue weighted by atomic mass is 19.1. The Morgan fingerprint density at radius 3 is 2.48 bits per heavy atom. The first-order valence-corrected chi connectivity index (χ1v) is 9.15. The van der Waals surface area contributed by atoms with Crippen LogP contribution in [0.15, 0.2) is 52.8 Å². The molecule has 1 aromatic rings. The van der Waals surface area contributed by atoms with E-state index < -0.39 is 23.4 Å². The summed E-state index contributed by atoms with van der Waals surface area (Å²) in [6.07, 6.45) is 1.21. The first-order chi connectivity index (χ1) is 13.7. The summed E-state index contributed by atoms with van der Waals surface area (Å²) in [6, 6.07) is 10.2. The maximum atomic E-state index is 14.6. The number of nitrogens with two attached hydrogens (primary N) is 1. The minimum absolute atomic E-state index is 0.0291. The second kappa shape index (κ2) is 7.44. The summed E-state index contributed by atoms with van der Waals surface area (Å²) in [5, 5.41) is 19.3. The lowest BCUT2D eigenvalue weighted by atomic mass is 9.73. The Morgan fingerprint density at radius 1 is 1.24 bits per heavy atom. The van der Waals surface area contributed by atoms with Gasteiger partial charge in [0, 0.05) is 24.6 Å². The number of amides is 1. The van der Waals surface area contributed by atoms with E-state index in [-0.39, 0.29) is 35.5 Å². The van der Waals surface area contributed by atoms with E-state index in [2.05, 4.69) is 6.07 Å². The molecule has 2 aliphatic rings. The van der Waals surface area contributed by atoms with Gasteiger partial charge in [-0.05, 0) is 38.0 Å². The number of benzene rings is 1. The lowest BCUT2D eigenvalue weighted by Gasteiger charge is -2.38. The van der Waals surface area contributed by atoms with Gasteiger partial charge in [-0.1, -0.05) is 24.3 Å². The van der Waals surface area contributed by atoms with E-state index >= 15 is 0 Å². The number of rotatable bonds is 1. The molecule has 1 aliphatic carbocycles. The van der Waals surface area contributed by atoms with Gasteiger partial charge in [-0.3, -0.25) is 0 Å². The van der Waals surface area contributed by atoms with Crippen molar-refractivity contribution in [2.45, 2.75) is 26.4 Å². The maximum Gasteiger partial charge on any atom is 0.410 e. The summed E-state index contributed by atoms with van der Waals surface area (Å²) in [7, 11) is 0. The highest BCUT2D eigenvalue weighted by molar-refractivity contribution is 5.85. The number of nitriles is 2. The molecule has 1 aliphatic heterocycles. The Morgan fingerprint density at radius 2 is 1.90 bits per heavy atom. The van der Waals surface area contributed by atoms with Gasteiger partial charge in [0.2, 0.25) is 0 Å². The molecular formula is C22H21FN4O2. The molecule has 7 heteroatoms. The van der Waals surface area contributed by atoms with E-state index in [1.54, 1.807) is 45.0 Å². The van der Waals surface area contributed by atoms with Crippen molar-refractivity contribution in [1.29, 1.82) is 10.5 Å². The van der Waals surface area contributed by atoms with E-state index in [4.69, 9.17) is 10.5 Å². The quantitative estimate of drug-likeness (QED) is 0.786. The zero-order valence-corrected chi connectivity index (χ0v) is 16.5. The molecule has 0 aromatic heterocycles. The summed E-state index contributed by atoms with van der Waals surface area (Å²) in [4.78, 5) is 14.1. The molecule has 0 bridgehead atoms. The van der Waals surface area contributed by atoms with Gasteiger partial charge >= 0.3 is 6.09 Å². The van der Waals surface area contributed by atoms with Crippen LogP contribution in [0.3, 0.4) is 0 Å². The molecule has 0 saturated carbocycles.